The van der Waals surface area contributed by atoms with Crippen LogP contribution in [0.3, 0.4) is 0 Å². The van der Waals surface area contributed by atoms with E-state index in [1.54, 1.807) is 12.4 Å². The van der Waals surface area contributed by atoms with Gasteiger partial charge in [-0.05, 0) is 51.2 Å². The first-order valence-corrected chi connectivity index (χ1v) is 7.50. The zero-order chi connectivity index (χ0) is 14.8. The number of hydrogen-bond donors (Lipinski definition) is 1. The zero-order valence-corrected chi connectivity index (χ0v) is 12.5. The summed E-state index contributed by atoms with van der Waals surface area (Å²) in [4.78, 5) is 16.8. The second-order valence-electron chi connectivity index (χ2n) is 5.45. The summed E-state index contributed by atoms with van der Waals surface area (Å²) in [6.45, 7) is 4.78. The Hall–Kier alpha value is -2.17. The standard InChI is InChI=1S/C16H20N4O/c1-3-20-11(2)15(10-18-20)19-16(21)13-8-12-6-4-5-7-14(12)17-9-13/h8-10H,3-7H2,1-2H3,(H,19,21). The maximum Gasteiger partial charge on any atom is 0.257 e. The van der Waals surface area contributed by atoms with Gasteiger partial charge in [0.15, 0.2) is 0 Å². The molecule has 0 unspecified atom stereocenters. The van der Waals surface area contributed by atoms with E-state index in [0.29, 0.717) is 5.56 Å². The number of nitrogens with one attached hydrogen (secondary N) is 1. The van der Waals surface area contributed by atoms with Crippen molar-refractivity contribution < 1.29 is 4.79 Å². The van der Waals surface area contributed by atoms with Gasteiger partial charge in [-0.1, -0.05) is 0 Å². The Morgan fingerprint density at radius 2 is 2.14 bits per heavy atom. The Morgan fingerprint density at radius 3 is 2.90 bits per heavy atom. The minimum Gasteiger partial charge on any atom is -0.319 e. The Labute approximate surface area is 124 Å². The predicted octanol–water partition coefficient (Wildman–Crippen LogP) is 2.74. The van der Waals surface area contributed by atoms with Gasteiger partial charge in [0.05, 0.1) is 23.1 Å². The molecule has 0 saturated carbocycles. The zero-order valence-electron chi connectivity index (χ0n) is 12.5. The predicted molar refractivity (Wildman–Crippen MR) is 81.5 cm³/mol. The van der Waals surface area contributed by atoms with Crippen LogP contribution in [0.1, 0.15) is 47.1 Å². The van der Waals surface area contributed by atoms with Gasteiger partial charge in [0.25, 0.3) is 5.91 Å². The summed E-state index contributed by atoms with van der Waals surface area (Å²) < 4.78 is 1.86. The SMILES string of the molecule is CCn1ncc(NC(=O)c2cnc3c(c2)CCCC3)c1C. The van der Waals surface area contributed by atoms with Crippen LogP contribution in [0.2, 0.25) is 0 Å². The summed E-state index contributed by atoms with van der Waals surface area (Å²) in [5.41, 5.74) is 4.72. The highest BCUT2D eigenvalue weighted by molar-refractivity contribution is 6.04. The number of amides is 1. The van der Waals surface area contributed by atoms with Crippen LogP contribution in [-0.2, 0) is 19.4 Å². The van der Waals surface area contributed by atoms with Gasteiger partial charge in [-0.3, -0.25) is 14.5 Å². The van der Waals surface area contributed by atoms with Crippen molar-refractivity contribution in [2.75, 3.05) is 5.32 Å². The lowest BCUT2D eigenvalue weighted by Gasteiger charge is -2.15. The normalized spacial score (nSPS) is 13.8. The molecule has 1 amide bonds. The molecule has 0 fully saturated rings. The Kier molecular flexibility index (Phi) is 3.73. The van der Waals surface area contributed by atoms with E-state index in [-0.39, 0.29) is 5.91 Å². The number of carbonyl (C=O) groups excluding carboxylic acids is 1. The van der Waals surface area contributed by atoms with Crippen molar-refractivity contribution in [2.45, 2.75) is 46.1 Å². The number of fused-ring (bicyclic) bond motifs is 1. The first-order chi connectivity index (χ1) is 10.2. The lowest BCUT2D eigenvalue weighted by Crippen LogP contribution is -2.15. The minimum atomic E-state index is -0.116. The third kappa shape index (κ3) is 2.68. The fourth-order valence-electron chi connectivity index (χ4n) is 2.79. The van der Waals surface area contributed by atoms with Crippen LogP contribution >= 0.6 is 0 Å². The van der Waals surface area contributed by atoms with Crippen molar-refractivity contribution in [3.63, 3.8) is 0 Å². The molecule has 2 aromatic rings. The monoisotopic (exact) mass is 284 g/mol. The Morgan fingerprint density at radius 1 is 1.33 bits per heavy atom. The molecule has 21 heavy (non-hydrogen) atoms. The fourth-order valence-corrected chi connectivity index (χ4v) is 2.79. The van der Waals surface area contributed by atoms with Crippen LogP contribution in [0.25, 0.3) is 0 Å². The summed E-state index contributed by atoms with van der Waals surface area (Å²) in [7, 11) is 0. The molecule has 1 N–H and O–H groups in total. The number of carbonyl (C=O) groups is 1. The van der Waals surface area contributed by atoms with Crippen LogP contribution in [0, 0.1) is 6.92 Å². The molecule has 5 nitrogen and oxygen atoms in total. The molecule has 2 aromatic heterocycles. The highest BCUT2D eigenvalue weighted by Gasteiger charge is 2.15. The van der Waals surface area contributed by atoms with Crippen molar-refractivity contribution in [2.24, 2.45) is 0 Å². The van der Waals surface area contributed by atoms with Gasteiger partial charge in [-0.25, -0.2) is 0 Å². The van der Waals surface area contributed by atoms with E-state index in [2.05, 4.69) is 15.4 Å². The van der Waals surface area contributed by atoms with Gasteiger partial charge in [0.1, 0.15) is 0 Å². The van der Waals surface area contributed by atoms with Crippen molar-refractivity contribution in [3.05, 3.63) is 41.0 Å². The summed E-state index contributed by atoms with van der Waals surface area (Å²) in [6, 6.07) is 1.98. The summed E-state index contributed by atoms with van der Waals surface area (Å²) in [5.74, 6) is -0.116. The number of aromatic nitrogens is 3. The van der Waals surface area contributed by atoms with E-state index in [1.165, 1.54) is 18.4 Å². The van der Waals surface area contributed by atoms with Crippen LogP contribution in [-0.4, -0.2) is 20.7 Å². The van der Waals surface area contributed by atoms with Crippen LogP contribution in [0.15, 0.2) is 18.5 Å². The van der Waals surface area contributed by atoms with Crippen LogP contribution < -0.4 is 5.32 Å². The van der Waals surface area contributed by atoms with Crippen molar-refractivity contribution in [3.8, 4) is 0 Å². The molecule has 0 saturated heterocycles. The number of nitrogens with zero attached hydrogens (tertiary/aromatic N) is 3. The maximum atomic E-state index is 12.4. The summed E-state index contributed by atoms with van der Waals surface area (Å²) in [5, 5.41) is 7.16. The van der Waals surface area contributed by atoms with E-state index in [9.17, 15) is 4.79 Å². The highest BCUT2D eigenvalue weighted by atomic mass is 16.1. The number of aryl methyl sites for hydroxylation is 3. The number of anilines is 1. The minimum absolute atomic E-state index is 0.116. The second kappa shape index (κ2) is 5.68. The molecule has 0 spiro atoms. The molecule has 0 radical (unpaired) electrons. The lowest BCUT2D eigenvalue weighted by atomic mass is 9.95. The van der Waals surface area contributed by atoms with Gasteiger partial charge in [-0.2, -0.15) is 5.10 Å². The van der Waals surface area contributed by atoms with E-state index < -0.39 is 0 Å². The molecule has 110 valence electrons. The van der Waals surface area contributed by atoms with Crippen molar-refractivity contribution in [1.29, 1.82) is 0 Å². The third-order valence-corrected chi connectivity index (χ3v) is 4.08. The van der Waals surface area contributed by atoms with Crippen LogP contribution in [0.5, 0.6) is 0 Å². The van der Waals surface area contributed by atoms with Gasteiger partial charge in [-0.15, -0.1) is 0 Å². The Balaban J connectivity index is 1.80. The molecule has 1 aliphatic rings. The molecule has 2 heterocycles. The molecule has 0 aromatic carbocycles. The maximum absolute atomic E-state index is 12.4. The quantitative estimate of drug-likeness (QED) is 0.942. The lowest BCUT2D eigenvalue weighted by molar-refractivity contribution is 0.102. The largest absolute Gasteiger partial charge is 0.319 e. The number of rotatable bonds is 3. The third-order valence-electron chi connectivity index (χ3n) is 4.08. The van der Waals surface area contributed by atoms with E-state index in [0.717, 1.165) is 36.5 Å². The van der Waals surface area contributed by atoms with E-state index in [1.807, 2.05) is 24.6 Å². The molecule has 3 rings (SSSR count). The number of pyridine rings is 1. The van der Waals surface area contributed by atoms with E-state index in [4.69, 9.17) is 0 Å². The van der Waals surface area contributed by atoms with Gasteiger partial charge < -0.3 is 5.32 Å². The second-order valence-corrected chi connectivity index (χ2v) is 5.45. The molecular formula is C16H20N4O. The summed E-state index contributed by atoms with van der Waals surface area (Å²) in [6.07, 6.45) is 7.81. The van der Waals surface area contributed by atoms with Crippen molar-refractivity contribution in [1.82, 2.24) is 14.8 Å². The first kappa shape index (κ1) is 13.8. The molecule has 1 aliphatic carbocycles. The van der Waals surface area contributed by atoms with Crippen LogP contribution in [0.4, 0.5) is 5.69 Å². The molecular weight excluding hydrogens is 264 g/mol. The van der Waals surface area contributed by atoms with Crippen molar-refractivity contribution >= 4 is 11.6 Å². The van der Waals surface area contributed by atoms with Gasteiger partial charge >= 0.3 is 0 Å². The summed E-state index contributed by atoms with van der Waals surface area (Å²) >= 11 is 0. The molecule has 0 atom stereocenters. The molecule has 0 aliphatic heterocycles. The average molecular weight is 284 g/mol. The highest BCUT2D eigenvalue weighted by Crippen LogP contribution is 2.21. The van der Waals surface area contributed by atoms with Gasteiger partial charge in [0, 0.05) is 18.4 Å². The molecule has 5 heteroatoms. The first-order valence-electron chi connectivity index (χ1n) is 7.50. The van der Waals surface area contributed by atoms with Gasteiger partial charge in [0.2, 0.25) is 0 Å². The van der Waals surface area contributed by atoms with E-state index >= 15 is 0 Å². The smallest absolute Gasteiger partial charge is 0.257 e. The fraction of sp³-hybridized carbons (Fsp3) is 0.438. The average Bonchev–Trinajstić information content (AvgIpc) is 2.87. The molecule has 0 bridgehead atoms. The number of hydrogen-bond acceptors (Lipinski definition) is 3. The topological polar surface area (TPSA) is 59.8 Å². The Bertz CT molecular complexity index is 675.